The fourth-order valence-corrected chi connectivity index (χ4v) is 9.55. The summed E-state index contributed by atoms with van der Waals surface area (Å²) in [5, 5.41) is 4.73. The van der Waals surface area contributed by atoms with Crippen LogP contribution in [0.3, 0.4) is 0 Å². The Labute approximate surface area is 323 Å². The second-order valence-electron chi connectivity index (χ2n) is 13.6. The molecule has 1 amide bonds. The summed E-state index contributed by atoms with van der Waals surface area (Å²) in [5.74, 6) is -2.73. The van der Waals surface area contributed by atoms with E-state index < -0.39 is 48.9 Å². The Morgan fingerprint density at radius 2 is 1.61 bits per heavy atom. The molecule has 0 spiro atoms. The number of aromatic nitrogens is 3. The number of rotatable bonds is 11. The molecule has 0 bridgehead atoms. The van der Waals surface area contributed by atoms with E-state index in [0.717, 1.165) is 9.54 Å². The Bertz CT molecular complexity index is 2740. The Hall–Kier alpha value is -5.84. The predicted molar refractivity (Wildman–Crippen MR) is 208 cm³/mol. The van der Waals surface area contributed by atoms with Crippen LogP contribution in [0, 0.1) is 26.6 Å². The van der Waals surface area contributed by atoms with Crippen molar-refractivity contribution in [1.29, 1.82) is 0 Å². The van der Waals surface area contributed by atoms with Crippen molar-refractivity contribution in [3.05, 3.63) is 130 Å². The molecule has 16 heteroatoms. The summed E-state index contributed by atoms with van der Waals surface area (Å²) in [6.07, 6.45) is 1.25. The van der Waals surface area contributed by atoms with E-state index >= 15 is 0 Å². The number of nitrogen functional groups attached to an aromatic ring is 1. The lowest BCUT2D eigenvalue weighted by Crippen LogP contribution is -2.43. The van der Waals surface area contributed by atoms with Crippen LogP contribution in [0.25, 0.3) is 16.6 Å². The number of nitrogens with two attached hydrogens (primary N) is 1. The van der Waals surface area contributed by atoms with Gasteiger partial charge in [-0.1, -0.05) is 29.8 Å². The lowest BCUT2D eigenvalue weighted by atomic mass is 10.1. The highest BCUT2D eigenvalue weighted by atomic mass is 32.2. The van der Waals surface area contributed by atoms with Crippen molar-refractivity contribution in [2.45, 2.75) is 31.4 Å². The number of ketones is 1. The molecule has 1 aliphatic rings. The fraction of sp³-hybridized carbons (Fsp3) is 0.225. The third-order valence-electron chi connectivity index (χ3n) is 9.60. The summed E-state index contributed by atoms with van der Waals surface area (Å²) in [7, 11) is -8.46. The van der Waals surface area contributed by atoms with Crippen LogP contribution >= 0.6 is 0 Å². The van der Waals surface area contributed by atoms with E-state index in [2.05, 4.69) is 5.10 Å². The highest BCUT2D eigenvalue weighted by Gasteiger charge is 2.31. The van der Waals surface area contributed by atoms with Crippen LogP contribution in [0.4, 0.5) is 10.2 Å². The number of sulfone groups is 1. The molecule has 3 heterocycles. The lowest BCUT2D eigenvalue weighted by Gasteiger charge is -2.26. The monoisotopic (exact) mass is 799 g/mol. The Balaban J connectivity index is 1.27. The highest BCUT2D eigenvalue weighted by Crippen LogP contribution is 2.33. The number of halogens is 1. The van der Waals surface area contributed by atoms with Gasteiger partial charge in [0.2, 0.25) is 11.7 Å². The van der Waals surface area contributed by atoms with E-state index in [1.165, 1.54) is 52.2 Å². The van der Waals surface area contributed by atoms with Crippen LogP contribution in [0.1, 0.15) is 38.3 Å². The summed E-state index contributed by atoms with van der Waals surface area (Å²) in [6.45, 7) is 6.48. The first-order valence-electron chi connectivity index (χ1n) is 17.6. The van der Waals surface area contributed by atoms with Crippen LogP contribution in [0.15, 0.2) is 96.0 Å². The number of fused-ring (bicyclic) bond motifs is 1. The summed E-state index contributed by atoms with van der Waals surface area (Å²) in [4.78, 5) is 28.7. The standard InChI is InChI=1S/C40H38FN5O8S2/c1-25-8-11-31(12-9-25)56(51,52)46-35-21-29(23-55(49,50)24-38(47)44-14-16-53-17-15-44)26(2)18-28(35)20-36(46)39(48)32-22-43-45(40(32)42)34-13-10-30(19-27(34)3)54-37-7-5-4-6-33(37)41/h4-13,18-22H,14-17,23-24,42H2,1-3H3. The number of benzene rings is 4. The van der Waals surface area contributed by atoms with Crippen LogP contribution in [-0.4, -0.2) is 79.2 Å². The number of hydrogen-bond donors (Lipinski definition) is 1. The zero-order valence-electron chi connectivity index (χ0n) is 30.7. The zero-order chi connectivity index (χ0) is 39.9. The van der Waals surface area contributed by atoms with Crippen molar-refractivity contribution < 1.29 is 40.3 Å². The van der Waals surface area contributed by atoms with Gasteiger partial charge in [-0.3, -0.25) is 9.59 Å². The molecule has 290 valence electrons. The lowest BCUT2D eigenvalue weighted by molar-refractivity contribution is -0.132. The molecule has 1 fully saturated rings. The predicted octanol–water partition coefficient (Wildman–Crippen LogP) is 5.51. The first kappa shape index (κ1) is 38.4. The van der Waals surface area contributed by atoms with Crippen LogP contribution < -0.4 is 10.5 Å². The van der Waals surface area contributed by atoms with Gasteiger partial charge in [0, 0.05) is 18.5 Å². The van der Waals surface area contributed by atoms with Crippen molar-refractivity contribution in [1.82, 2.24) is 18.7 Å². The minimum atomic E-state index is -4.46. The topological polar surface area (TPSA) is 173 Å². The number of nitrogens with zero attached hydrogens (tertiary/aromatic N) is 4. The molecule has 7 rings (SSSR count). The van der Waals surface area contributed by atoms with Crippen molar-refractivity contribution in [2.24, 2.45) is 0 Å². The highest BCUT2D eigenvalue weighted by molar-refractivity contribution is 7.91. The third-order valence-corrected chi connectivity index (χ3v) is 12.8. The summed E-state index contributed by atoms with van der Waals surface area (Å²) >= 11 is 0. The fourth-order valence-electron chi connectivity index (χ4n) is 6.60. The van der Waals surface area contributed by atoms with Gasteiger partial charge >= 0.3 is 0 Å². The number of carbonyl (C=O) groups is 2. The number of aryl methyl sites for hydroxylation is 3. The van der Waals surface area contributed by atoms with E-state index in [-0.39, 0.29) is 38.8 Å². The second-order valence-corrected chi connectivity index (χ2v) is 17.5. The molecule has 0 radical (unpaired) electrons. The number of morpholine rings is 1. The summed E-state index contributed by atoms with van der Waals surface area (Å²) in [5.41, 5.74) is 9.02. The van der Waals surface area contributed by atoms with Crippen LogP contribution in [0.2, 0.25) is 0 Å². The summed E-state index contributed by atoms with van der Waals surface area (Å²) in [6, 6.07) is 21.5. The second kappa shape index (κ2) is 15.0. The van der Waals surface area contributed by atoms with Crippen molar-refractivity contribution >= 4 is 48.3 Å². The number of carbonyl (C=O) groups excluding carboxylic acids is 2. The van der Waals surface area contributed by atoms with Gasteiger partial charge in [-0.15, -0.1) is 0 Å². The summed E-state index contributed by atoms with van der Waals surface area (Å²) < 4.78 is 83.1. The van der Waals surface area contributed by atoms with Gasteiger partial charge in [0.15, 0.2) is 21.4 Å². The average molecular weight is 800 g/mol. The zero-order valence-corrected chi connectivity index (χ0v) is 32.4. The number of hydrogen-bond acceptors (Lipinski definition) is 10. The van der Waals surface area contributed by atoms with E-state index in [1.807, 2.05) is 6.92 Å². The number of anilines is 1. The van der Waals surface area contributed by atoms with Gasteiger partial charge in [0.1, 0.15) is 23.0 Å². The van der Waals surface area contributed by atoms with Gasteiger partial charge in [0.05, 0.1) is 46.8 Å². The molecule has 1 aliphatic heterocycles. The molecule has 0 atom stereocenters. The molecule has 1 saturated heterocycles. The molecular weight excluding hydrogens is 762 g/mol. The molecular formula is C40H38FN5O8S2. The largest absolute Gasteiger partial charge is 0.454 e. The van der Waals surface area contributed by atoms with Gasteiger partial charge in [-0.2, -0.15) is 5.10 Å². The van der Waals surface area contributed by atoms with E-state index in [1.54, 1.807) is 62.4 Å². The maximum atomic E-state index is 14.5. The smallest absolute Gasteiger partial charge is 0.268 e. The molecule has 2 aromatic heterocycles. The average Bonchev–Trinajstić information content (AvgIpc) is 3.73. The van der Waals surface area contributed by atoms with Crippen molar-refractivity contribution in [2.75, 3.05) is 37.8 Å². The normalized spacial score (nSPS) is 13.6. The molecule has 0 unspecified atom stereocenters. The minimum absolute atomic E-state index is 0.0462. The third kappa shape index (κ3) is 7.54. The molecule has 56 heavy (non-hydrogen) atoms. The first-order chi connectivity index (χ1) is 26.6. The van der Waals surface area contributed by atoms with E-state index in [4.69, 9.17) is 15.2 Å². The van der Waals surface area contributed by atoms with Gasteiger partial charge in [0.25, 0.3) is 10.0 Å². The SMILES string of the molecule is Cc1ccc(S(=O)(=O)n2c(C(=O)c3cnn(-c4ccc(Oc5ccccc5F)cc4C)c3N)cc3cc(C)c(CS(=O)(=O)CC(=O)N4CCOCC4)cc32)cc1. The number of amides is 1. The maximum Gasteiger partial charge on any atom is 0.268 e. The van der Waals surface area contributed by atoms with Gasteiger partial charge < -0.3 is 20.1 Å². The molecule has 0 aliphatic carbocycles. The maximum absolute atomic E-state index is 14.5. The quantitative estimate of drug-likeness (QED) is 0.165. The Morgan fingerprint density at radius 1 is 0.893 bits per heavy atom. The van der Waals surface area contributed by atoms with E-state index in [0.29, 0.717) is 54.3 Å². The first-order valence-corrected chi connectivity index (χ1v) is 20.8. The molecule has 6 aromatic rings. The molecule has 13 nitrogen and oxygen atoms in total. The van der Waals surface area contributed by atoms with Gasteiger partial charge in [-0.05, 0) is 98.1 Å². The minimum Gasteiger partial charge on any atom is -0.454 e. The van der Waals surface area contributed by atoms with Crippen molar-refractivity contribution in [3.8, 4) is 17.2 Å². The number of para-hydroxylation sites is 1. The Kier molecular flexibility index (Phi) is 10.3. The van der Waals surface area contributed by atoms with Crippen molar-refractivity contribution in [3.63, 3.8) is 0 Å². The van der Waals surface area contributed by atoms with Gasteiger partial charge in [-0.25, -0.2) is 29.9 Å². The molecule has 0 saturated carbocycles. The van der Waals surface area contributed by atoms with Crippen LogP contribution in [0.5, 0.6) is 11.5 Å². The van der Waals surface area contributed by atoms with E-state index in [9.17, 15) is 30.8 Å². The molecule has 4 aromatic carbocycles. The molecule has 2 N–H and O–H groups in total. The Morgan fingerprint density at radius 3 is 2.30 bits per heavy atom. The van der Waals surface area contributed by atoms with Crippen LogP contribution in [-0.2, 0) is 35.1 Å². The number of ether oxygens (including phenoxy) is 2.